The lowest BCUT2D eigenvalue weighted by Crippen LogP contribution is -2.30. The zero-order chi connectivity index (χ0) is 12.4. The number of aromatic nitrogens is 1. The van der Waals surface area contributed by atoms with Crippen LogP contribution >= 0.6 is 11.3 Å². The Balaban J connectivity index is 1.91. The molecule has 1 aliphatic heterocycles. The van der Waals surface area contributed by atoms with Crippen molar-refractivity contribution in [2.75, 3.05) is 6.54 Å². The smallest absolute Gasteiger partial charge is 0.263 e. The van der Waals surface area contributed by atoms with E-state index in [1.165, 1.54) is 11.3 Å². The summed E-state index contributed by atoms with van der Waals surface area (Å²) in [6.07, 6.45) is 0.796. The van der Waals surface area contributed by atoms with Crippen molar-refractivity contribution in [3.8, 4) is 11.8 Å². The van der Waals surface area contributed by atoms with Crippen LogP contribution in [0.2, 0.25) is 0 Å². The van der Waals surface area contributed by atoms with Crippen molar-refractivity contribution in [2.24, 2.45) is 0 Å². The van der Waals surface area contributed by atoms with Gasteiger partial charge in [-0.2, -0.15) is 0 Å². The molecule has 0 saturated heterocycles. The summed E-state index contributed by atoms with van der Waals surface area (Å²) in [6.45, 7) is 0.668. The van der Waals surface area contributed by atoms with Crippen LogP contribution in [0.15, 0.2) is 30.3 Å². The summed E-state index contributed by atoms with van der Waals surface area (Å²) in [5.41, 5.74) is 1.83. The van der Waals surface area contributed by atoms with Crippen molar-refractivity contribution in [3.05, 3.63) is 51.5 Å². The molecule has 0 saturated carbocycles. The van der Waals surface area contributed by atoms with Gasteiger partial charge >= 0.3 is 0 Å². The molecule has 0 fully saturated rings. The number of carbonyl (C=O) groups is 1. The summed E-state index contributed by atoms with van der Waals surface area (Å²) in [5.74, 6) is 6.04. The van der Waals surface area contributed by atoms with Crippen LogP contribution in [0.3, 0.4) is 0 Å². The molecular weight excluding hydrogens is 244 g/mol. The zero-order valence-electron chi connectivity index (χ0n) is 9.56. The number of rotatable bonds is 0. The molecule has 3 rings (SSSR count). The summed E-state index contributed by atoms with van der Waals surface area (Å²) < 4.78 is 0. The first-order chi connectivity index (χ1) is 8.83. The fourth-order valence-corrected chi connectivity index (χ4v) is 2.66. The summed E-state index contributed by atoms with van der Waals surface area (Å²) >= 11 is 1.37. The molecule has 3 nitrogen and oxygen atoms in total. The van der Waals surface area contributed by atoms with Crippen LogP contribution in [0.4, 0.5) is 0 Å². The van der Waals surface area contributed by atoms with Crippen molar-refractivity contribution < 1.29 is 4.79 Å². The summed E-state index contributed by atoms with van der Waals surface area (Å²) in [5, 5.41) is 3.52. The van der Waals surface area contributed by atoms with Gasteiger partial charge in [-0.05, 0) is 18.1 Å². The highest BCUT2D eigenvalue weighted by Crippen LogP contribution is 2.20. The molecule has 1 N–H and O–H groups in total. The van der Waals surface area contributed by atoms with Crippen LogP contribution < -0.4 is 5.32 Å². The number of nitrogens with zero attached hydrogens (tertiary/aromatic N) is 1. The maximum atomic E-state index is 11.6. The van der Waals surface area contributed by atoms with Gasteiger partial charge in [0.25, 0.3) is 5.91 Å². The van der Waals surface area contributed by atoms with E-state index >= 15 is 0 Å². The lowest BCUT2D eigenvalue weighted by molar-refractivity contribution is 0.0950. The molecule has 0 aliphatic carbocycles. The van der Waals surface area contributed by atoms with E-state index in [1.807, 2.05) is 30.3 Å². The van der Waals surface area contributed by atoms with Gasteiger partial charge in [0, 0.05) is 18.5 Å². The molecule has 0 atom stereocenters. The predicted molar refractivity (Wildman–Crippen MR) is 70.6 cm³/mol. The van der Waals surface area contributed by atoms with Crippen LogP contribution in [0, 0.1) is 11.8 Å². The van der Waals surface area contributed by atoms with Crippen LogP contribution in [-0.4, -0.2) is 17.4 Å². The van der Waals surface area contributed by atoms with Gasteiger partial charge in [0.2, 0.25) is 0 Å². The molecule has 4 heteroatoms. The van der Waals surface area contributed by atoms with Crippen molar-refractivity contribution in [1.29, 1.82) is 0 Å². The molecule has 0 radical (unpaired) electrons. The van der Waals surface area contributed by atoms with Crippen molar-refractivity contribution >= 4 is 17.2 Å². The second-order valence-corrected chi connectivity index (χ2v) is 4.92. The Labute approximate surface area is 109 Å². The Morgan fingerprint density at radius 3 is 2.83 bits per heavy atom. The fourth-order valence-electron chi connectivity index (χ4n) is 1.77. The maximum Gasteiger partial charge on any atom is 0.263 e. The largest absolute Gasteiger partial charge is 0.351 e. The number of fused-ring (bicyclic) bond motifs is 1. The average Bonchev–Trinajstić information content (AvgIpc) is 2.82. The third-order valence-corrected chi connectivity index (χ3v) is 3.65. The Bertz CT molecular complexity index is 649. The molecule has 1 aromatic heterocycles. The topological polar surface area (TPSA) is 42.0 Å². The fraction of sp³-hybridized carbons (Fsp3) is 0.143. The minimum Gasteiger partial charge on any atom is -0.351 e. The van der Waals surface area contributed by atoms with Crippen LogP contribution in [0.5, 0.6) is 0 Å². The Kier molecular flexibility index (Phi) is 2.83. The van der Waals surface area contributed by atoms with Gasteiger partial charge in [0.15, 0.2) is 5.01 Å². The molecule has 0 unspecified atom stereocenters. The van der Waals surface area contributed by atoms with E-state index in [1.54, 1.807) is 0 Å². The lowest BCUT2D eigenvalue weighted by Gasteiger charge is -2.09. The number of carbonyl (C=O) groups excluding carboxylic acids is 1. The maximum absolute atomic E-state index is 11.6. The number of hydrogen-bond acceptors (Lipinski definition) is 3. The van der Waals surface area contributed by atoms with E-state index in [-0.39, 0.29) is 5.91 Å². The first-order valence-corrected chi connectivity index (χ1v) is 6.49. The van der Waals surface area contributed by atoms with Gasteiger partial charge in [-0.15, -0.1) is 11.3 Å². The van der Waals surface area contributed by atoms with Gasteiger partial charge in [-0.25, -0.2) is 4.98 Å². The molecule has 0 spiro atoms. The van der Waals surface area contributed by atoms with Gasteiger partial charge in [0.1, 0.15) is 4.88 Å². The highest BCUT2D eigenvalue weighted by Gasteiger charge is 2.20. The van der Waals surface area contributed by atoms with E-state index < -0.39 is 0 Å². The van der Waals surface area contributed by atoms with E-state index in [2.05, 4.69) is 22.1 Å². The molecule has 2 aromatic rings. The van der Waals surface area contributed by atoms with Gasteiger partial charge in [-0.1, -0.05) is 24.1 Å². The van der Waals surface area contributed by atoms with E-state index in [0.717, 1.165) is 17.7 Å². The summed E-state index contributed by atoms with van der Waals surface area (Å²) in [7, 11) is 0. The monoisotopic (exact) mass is 254 g/mol. The molecule has 1 aliphatic rings. The van der Waals surface area contributed by atoms with E-state index in [0.29, 0.717) is 16.4 Å². The zero-order valence-corrected chi connectivity index (χ0v) is 10.4. The highest BCUT2D eigenvalue weighted by atomic mass is 32.1. The highest BCUT2D eigenvalue weighted by molar-refractivity contribution is 7.14. The summed E-state index contributed by atoms with van der Waals surface area (Å²) in [4.78, 5) is 16.7. The molecule has 88 valence electrons. The standard InChI is InChI=1S/C14H10N2OS/c17-14-13-11(8-9-15-14)16-12(18-13)7-6-10-4-2-1-3-5-10/h1-5H,8-9H2,(H,15,17). The molecule has 18 heavy (non-hydrogen) atoms. The predicted octanol–water partition coefficient (Wildman–Crippen LogP) is 1.83. The van der Waals surface area contributed by atoms with Gasteiger partial charge < -0.3 is 5.32 Å². The summed E-state index contributed by atoms with van der Waals surface area (Å²) in [6, 6.07) is 9.76. The van der Waals surface area contributed by atoms with Gasteiger partial charge in [0.05, 0.1) is 5.69 Å². The second-order valence-electron chi connectivity index (χ2n) is 3.92. The first-order valence-electron chi connectivity index (χ1n) is 5.68. The average molecular weight is 254 g/mol. The first kappa shape index (κ1) is 11.0. The number of hydrogen-bond donors (Lipinski definition) is 1. The lowest BCUT2D eigenvalue weighted by atomic mass is 10.2. The Morgan fingerprint density at radius 2 is 2.06 bits per heavy atom. The number of amides is 1. The van der Waals surface area contributed by atoms with Gasteiger partial charge in [-0.3, -0.25) is 4.79 Å². The SMILES string of the molecule is O=C1NCCc2nc(C#Cc3ccccc3)sc21. The quantitative estimate of drug-likeness (QED) is 0.729. The van der Waals surface area contributed by atoms with Crippen LogP contribution in [0.25, 0.3) is 0 Å². The van der Waals surface area contributed by atoms with E-state index in [9.17, 15) is 4.79 Å². The minimum absolute atomic E-state index is 0.0264. The van der Waals surface area contributed by atoms with Crippen molar-refractivity contribution in [1.82, 2.24) is 10.3 Å². The third kappa shape index (κ3) is 2.13. The number of thiazole rings is 1. The molecule has 1 aromatic carbocycles. The molecule has 0 bridgehead atoms. The minimum atomic E-state index is -0.0264. The third-order valence-electron chi connectivity index (χ3n) is 2.64. The van der Waals surface area contributed by atoms with E-state index in [4.69, 9.17) is 0 Å². The second kappa shape index (κ2) is 4.63. The number of nitrogens with one attached hydrogen (secondary N) is 1. The van der Waals surface area contributed by atoms with Crippen molar-refractivity contribution in [3.63, 3.8) is 0 Å². The molecule has 1 amide bonds. The Morgan fingerprint density at radius 1 is 1.22 bits per heavy atom. The van der Waals surface area contributed by atoms with Crippen LogP contribution in [0.1, 0.15) is 25.9 Å². The van der Waals surface area contributed by atoms with Crippen molar-refractivity contribution in [2.45, 2.75) is 6.42 Å². The number of benzene rings is 1. The molecular formula is C14H10N2OS. The Hall–Kier alpha value is -2.12. The van der Waals surface area contributed by atoms with Crippen LogP contribution in [-0.2, 0) is 6.42 Å². The normalized spacial score (nSPS) is 13.2. The molecule has 2 heterocycles.